The molecular formula is C34H64O4. The first-order valence-electron chi connectivity index (χ1n) is 17.0. The first-order valence-corrected chi connectivity index (χ1v) is 17.0. The predicted octanol–water partition coefficient (Wildman–Crippen LogP) is 10.5. The summed E-state index contributed by atoms with van der Waals surface area (Å²) < 4.78 is 11.1. The zero-order valence-electron chi connectivity index (χ0n) is 25.6. The van der Waals surface area contributed by atoms with Crippen LogP contribution < -0.4 is 0 Å². The maximum atomic E-state index is 12.5. The molecule has 4 nitrogen and oxygen atoms in total. The van der Waals surface area contributed by atoms with Gasteiger partial charge in [0.25, 0.3) is 0 Å². The molecule has 0 spiro atoms. The van der Waals surface area contributed by atoms with Crippen molar-refractivity contribution in [1.82, 2.24) is 0 Å². The molecule has 38 heavy (non-hydrogen) atoms. The summed E-state index contributed by atoms with van der Waals surface area (Å²) in [5, 5.41) is 0. The molecule has 0 aromatic carbocycles. The molecular weight excluding hydrogens is 472 g/mol. The highest BCUT2D eigenvalue weighted by atomic mass is 16.5. The third kappa shape index (κ3) is 19.9. The molecule has 2 atom stereocenters. The quantitative estimate of drug-likeness (QED) is 0.0815. The van der Waals surface area contributed by atoms with E-state index in [2.05, 4.69) is 13.8 Å². The van der Waals surface area contributed by atoms with Crippen LogP contribution in [0.5, 0.6) is 0 Å². The summed E-state index contributed by atoms with van der Waals surface area (Å²) in [6.45, 7) is 5.55. The van der Waals surface area contributed by atoms with Crippen molar-refractivity contribution in [2.45, 2.75) is 181 Å². The van der Waals surface area contributed by atoms with Gasteiger partial charge in [-0.1, -0.05) is 149 Å². The Kier molecular flexibility index (Phi) is 24.1. The normalized spacial score (nSPS) is 17.4. The number of carbonyl (C=O) groups is 2. The lowest BCUT2D eigenvalue weighted by atomic mass is 9.81. The van der Waals surface area contributed by atoms with Gasteiger partial charge in [0, 0.05) is 0 Å². The fraction of sp³-hybridized carbons (Fsp3) is 0.941. The molecule has 1 fully saturated rings. The second-order valence-electron chi connectivity index (χ2n) is 12.0. The number of hydrogen-bond donors (Lipinski definition) is 0. The van der Waals surface area contributed by atoms with E-state index in [0.717, 1.165) is 44.9 Å². The van der Waals surface area contributed by atoms with E-state index >= 15 is 0 Å². The molecule has 1 aliphatic carbocycles. The predicted molar refractivity (Wildman–Crippen MR) is 160 cm³/mol. The van der Waals surface area contributed by atoms with Gasteiger partial charge in [-0.05, 0) is 32.1 Å². The average Bonchev–Trinajstić information content (AvgIpc) is 2.94. The van der Waals surface area contributed by atoms with Crippen LogP contribution in [0.2, 0.25) is 0 Å². The molecule has 0 N–H and O–H groups in total. The van der Waals surface area contributed by atoms with Gasteiger partial charge < -0.3 is 9.47 Å². The average molecular weight is 537 g/mol. The van der Waals surface area contributed by atoms with Crippen LogP contribution in [0.3, 0.4) is 0 Å². The van der Waals surface area contributed by atoms with Gasteiger partial charge in [0.1, 0.15) is 0 Å². The maximum Gasteiger partial charge on any atom is 0.308 e. The molecule has 0 heterocycles. The van der Waals surface area contributed by atoms with Gasteiger partial charge in [0.2, 0.25) is 0 Å². The molecule has 4 heteroatoms. The number of unbranched alkanes of at least 4 members (excludes halogenated alkanes) is 20. The summed E-state index contributed by atoms with van der Waals surface area (Å²) in [6, 6.07) is 0. The van der Waals surface area contributed by atoms with Crippen LogP contribution in [0.1, 0.15) is 181 Å². The van der Waals surface area contributed by atoms with Crippen LogP contribution >= 0.6 is 0 Å². The fourth-order valence-corrected chi connectivity index (χ4v) is 5.73. The summed E-state index contributed by atoms with van der Waals surface area (Å²) in [5.74, 6) is -0.457. The number of rotatable bonds is 26. The highest BCUT2D eigenvalue weighted by molar-refractivity contribution is 5.76. The van der Waals surface area contributed by atoms with Crippen LogP contribution in [-0.2, 0) is 19.1 Å². The minimum atomic E-state index is -0.128. The van der Waals surface area contributed by atoms with E-state index < -0.39 is 0 Å². The lowest BCUT2D eigenvalue weighted by molar-refractivity contribution is -0.155. The molecule has 1 saturated carbocycles. The summed E-state index contributed by atoms with van der Waals surface area (Å²) >= 11 is 0. The van der Waals surface area contributed by atoms with Crippen molar-refractivity contribution in [3.8, 4) is 0 Å². The van der Waals surface area contributed by atoms with E-state index in [9.17, 15) is 9.59 Å². The van der Waals surface area contributed by atoms with Crippen molar-refractivity contribution >= 4 is 11.9 Å². The lowest BCUT2D eigenvalue weighted by Crippen LogP contribution is -2.30. The molecule has 0 bridgehead atoms. The zero-order chi connectivity index (χ0) is 27.5. The second kappa shape index (κ2) is 26.2. The fourth-order valence-electron chi connectivity index (χ4n) is 5.73. The SMILES string of the molecule is CCCCCCCCCCCCCCCCCCOC(=O)C1CCCC(C(=O)OCCCCCCCC)C1. The minimum absolute atomic E-state index is 0.0978. The Morgan fingerprint density at radius 2 is 0.763 bits per heavy atom. The molecule has 1 aliphatic rings. The molecule has 0 radical (unpaired) electrons. The Morgan fingerprint density at radius 1 is 0.474 bits per heavy atom. The van der Waals surface area contributed by atoms with E-state index in [4.69, 9.17) is 9.47 Å². The van der Waals surface area contributed by atoms with Gasteiger partial charge in [0.15, 0.2) is 0 Å². The standard InChI is InChI=1S/C34H64O4/c1-3-5-7-9-11-12-13-14-15-16-17-18-19-20-22-24-29-38-34(36)32-27-25-26-31(30-32)33(35)37-28-23-21-10-8-6-4-2/h31-32H,3-30H2,1-2H3. The Morgan fingerprint density at radius 3 is 1.08 bits per heavy atom. The summed E-state index contributed by atoms with van der Waals surface area (Å²) in [7, 11) is 0. The third-order valence-corrected chi connectivity index (χ3v) is 8.33. The van der Waals surface area contributed by atoms with Crippen molar-refractivity contribution in [3.05, 3.63) is 0 Å². The second-order valence-corrected chi connectivity index (χ2v) is 12.0. The summed E-state index contributed by atoms with van der Waals surface area (Å²) in [4.78, 5) is 25.0. The van der Waals surface area contributed by atoms with Gasteiger partial charge in [-0.2, -0.15) is 0 Å². The van der Waals surface area contributed by atoms with Crippen molar-refractivity contribution in [1.29, 1.82) is 0 Å². The largest absolute Gasteiger partial charge is 0.465 e. The smallest absolute Gasteiger partial charge is 0.308 e. The molecule has 0 amide bonds. The minimum Gasteiger partial charge on any atom is -0.465 e. The van der Waals surface area contributed by atoms with E-state index in [-0.39, 0.29) is 23.8 Å². The number of hydrogen-bond acceptors (Lipinski definition) is 4. The number of carbonyl (C=O) groups excluding carboxylic acids is 2. The Hall–Kier alpha value is -1.06. The monoisotopic (exact) mass is 536 g/mol. The first-order chi connectivity index (χ1) is 18.7. The molecule has 0 aromatic heterocycles. The van der Waals surface area contributed by atoms with Crippen molar-refractivity contribution in [2.24, 2.45) is 11.8 Å². The molecule has 224 valence electrons. The third-order valence-electron chi connectivity index (χ3n) is 8.33. The molecule has 2 unspecified atom stereocenters. The van der Waals surface area contributed by atoms with Gasteiger partial charge in [-0.3, -0.25) is 9.59 Å². The number of ether oxygens (including phenoxy) is 2. The molecule has 0 aromatic rings. The van der Waals surface area contributed by atoms with Crippen molar-refractivity contribution in [3.63, 3.8) is 0 Å². The van der Waals surface area contributed by atoms with Gasteiger partial charge in [-0.15, -0.1) is 0 Å². The lowest BCUT2D eigenvalue weighted by Gasteiger charge is -2.26. The Balaban J connectivity index is 1.93. The van der Waals surface area contributed by atoms with Crippen molar-refractivity contribution in [2.75, 3.05) is 13.2 Å². The van der Waals surface area contributed by atoms with E-state index in [1.807, 2.05) is 0 Å². The molecule has 0 aliphatic heterocycles. The number of esters is 2. The summed E-state index contributed by atoms with van der Waals surface area (Å²) in [5.41, 5.74) is 0. The summed E-state index contributed by atoms with van der Waals surface area (Å²) in [6.07, 6.45) is 31.8. The zero-order valence-corrected chi connectivity index (χ0v) is 25.6. The van der Waals surface area contributed by atoms with Crippen LogP contribution in [0.4, 0.5) is 0 Å². The van der Waals surface area contributed by atoms with E-state index in [1.165, 1.54) is 116 Å². The highest BCUT2D eigenvalue weighted by Crippen LogP contribution is 2.31. The first kappa shape index (κ1) is 35.0. The van der Waals surface area contributed by atoms with Crippen LogP contribution in [-0.4, -0.2) is 25.2 Å². The van der Waals surface area contributed by atoms with Crippen LogP contribution in [0.15, 0.2) is 0 Å². The topological polar surface area (TPSA) is 52.6 Å². The van der Waals surface area contributed by atoms with E-state index in [0.29, 0.717) is 19.6 Å². The van der Waals surface area contributed by atoms with Crippen molar-refractivity contribution < 1.29 is 19.1 Å². The molecule has 0 saturated heterocycles. The van der Waals surface area contributed by atoms with Gasteiger partial charge >= 0.3 is 11.9 Å². The Bertz CT molecular complexity index is 547. The van der Waals surface area contributed by atoms with E-state index in [1.54, 1.807) is 0 Å². The van der Waals surface area contributed by atoms with Gasteiger partial charge in [-0.25, -0.2) is 0 Å². The van der Waals surface area contributed by atoms with Crippen LogP contribution in [0.25, 0.3) is 0 Å². The Labute approximate surface area is 236 Å². The van der Waals surface area contributed by atoms with Crippen LogP contribution in [0, 0.1) is 11.8 Å². The highest BCUT2D eigenvalue weighted by Gasteiger charge is 2.32. The molecule has 1 rings (SSSR count). The maximum absolute atomic E-state index is 12.5. The van der Waals surface area contributed by atoms with Gasteiger partial charge in [0.05, 0.1) is 25.0 Å².